The Kier molecular flexibility index (Phi) is 3.41. The van der Waals surface area contributed by atoms with Crippen molar-refractivity contribution in [3.05, 3.63) is 12.7 Å². The van der Waals surface area contributed by atoms with Crippen LogP contribution >= 0.6 is 0 Å². The molecule has 0 unspecified atom stereocenters. The first-order chi connectivity index (χ1) is 9.49. The lowest BCUT2D eigenvalue weighted by atomic mass is 9.86. The van der Waals surface area contributed by atoms with E-state index in [1.165, 1.54) is 0 Å². The van der Waals surface area contributed by atoms with Gasteiger partial charge in [-0.2, -0.15) is 0 Å². The molecule has 6 heteroatoms. The van der Waals surface area contributed by atoms with Gasteiger partial charge in [-0.15, -0.1) is 6.58 Å². The molecule has 0 aromatic carbocycles. The Morgan fingerprint density at radius 1 is 1.25 bits per heavy atom. The molecule has 1 amide bonds. The van der Waals surface area contributed by atoms with Gasteiger partial charge in [0, 0.05) is 31.6 Å². The largest absolute Gasteiger partial charge is 0.333 e. The van der Waals surface area contributed by atoms with Gasteiger partial charge >= 0.3 is 0 Å². The maximum Gasteiger partial charge on any atom is 0.223 e. The first-order valence-corrected chi connectivity index (χ1v) is 8.90. The first kappa shape index (κ1) is 14.1. The van der Waals surface area contributed by atoms with Gasteiger partial charge in [0.1, 0.15) is 0 Å². The number of carbonyl (C=O) groups excluding carboxylic acids is 1. The van der Waals surface area contributed by atoms with Gasteiger partial charge < -0.3 is 4.90 Å². The van der Waals surface area contributed by atoms with Gasteiger partial charge in [0.15, 0.2) is 0 Å². The highest BCUT2D eigenvalue weighted by atomic mass is 32.2. The average Bonchev–Trinajstić information content (AvgIpc) is 3.24. The monoisotopic (exact) mass is 298 g/mol. The van der Waals surface area contributed by atoms with Crippen molar-refractivity contribution in [2.75, 3.05) is 19.6 Å². The molecule has 0 atom stereocenters. The first-order valence-electron chi connectivity index (χ1n) is 7.40. The molecule has 1 spiro atoms. The Labute approximate surface area is 120 Å². The van der Waals surface area contributed by atoms with Crippen LogP contribution < -0.4 is 0 Å². The second kappa shape index (κ2) is 4.84. The minimum atomic E-state index is -3.07. The van der Waals surface area contributed by atoms with Gasteiger partial charge in [0.25, 0.3) is 0 Å². The lowest BCUT2D eigenvalue weighted by Gasteiger charge is -2.44. The van der Waals surface area contributed by atoms with Crippen LogP contribution in [0, 0.1) is 0 Å². The summed E-state index contributed by atoms with van der Waals surface area (Å²) in [6.45, 7) is 5.41. The van der Waals surface area contributed by atoms with Crippen molar-refractivity contribution in [3.63, 3.8) is 0 Å². The van der Waals surface area contributed by atoms with Crippen molar-refractivity contribution in [2.24, 2.45) is 0 Å². The maximum absolute atomic E-state index is 12.3. The van der Waals surface area contributed by atoms with Gasteiger partial charge in [-0.05, 0) is 32.1 Å². The molecule has 20 heavy (non-hydrogen) atoms. The van der Waals surface area contributed by atoms with Crippen LogP contribution in [0.1, 0.15) is 38.5 Å². The third-order valence-electron chi connectivity index (χ3n) is 4.95. The molecule has 3 fully saturated rings. The van der Waals surface area contributed by atoms with Gasteiger partial charge in [0.2, 0.25) is 15.9 Å². The summed E-state index contributed by atoms with van der Waals surface area (Å²) < 4.78 is 26.1. The zero-order valence-corrected chi connectivity index (χ0v) is 12.6. The van der Waals surface area contributed by atoms with Crippen LogP contribution in [0.5, 0.6) is 0 Å². The second-order valence-electron chi connectivity index (χ2n) is 6.16. The fourth-order valence-corrected chi connectivity index (χ4v) is 5.40. The van der Waals surface area contributed by atoms with E-state index in [2.05, 4.69) is 6.58 Å². The van der Waals surface area contributed by atoms with Crippen molar-refractivity contribution in [1.82, 2.24) is 9.21 Å². The predicted molar refractivity (Wildman–Crippen MR) is 76.6 cm³/mol. The Balaban J connectivity index is 1.71. The normalized spacial score (nSPS) is 27.2. The number of sulfonamides is 1. The minimum Gasteiger partial charge on any atom is -0.333 e. The van der Waals surface area contributed by atoms with Crippen LogP contribution in [0.4, 0.5) is 0 Å². The smallest absolute Gasteiger partial charge is 0.223 e. The molecule has 5 nitrogen and oxygen atoms in total. The Morgan fingerprint density at radius 2 is 1.90 bits per heavy atom. The Bertz CT molecular complexity index is 517. The third kappa shape index (κ3) is 2.19. The highest BCUT2D eigenvalue weighted by Crippen LogP contribution is 2.41. The summed E-state index contributed by atoms with van der Waals surface area (Å²) in [7, 11) is -3.07. The summed E-state index contributed by atoms with van der Waals surface area (Å²) in [5, 5.41) is -0.133. The number of carbonyl (C=O) groups is 1. The fraction of sp³-hybridized carbons (Fsp3) is 0.786. The number of hydrogen-bond donors (Lipinski definition) is 0. The highest BCUT2D eigenvalue weighted by Gasteiger charge is 2.49. The van der Waals surface area contributed by atoms with Crippen LogP contribution in [0.2, 0.25) is 0 Å². The summed E-state index contributed by atoms with van der Waals surface area (Å²) >= 11 is 0. The van der Waals surface area contributed by atoms with Crippen molar-refractivity contribution in [1.29, 1.82) is 0 Å². The summed E-state index contributed by atoms with van der Waals surface area (Å²) in [4.78, 5) is 13.9. The van der Waals surface area contributed by atoms with Gasteiger partial charge in [-0.3, -0.25) is 4.79 Å². The van der Waals surface area contributed by atoms with Crippen molar-refractivity contribution in [2.45, 2.75) is 49.3 Å². The molecule has 112 valence electrons. The van der Waals surface area contributed by atoms with Crippen molar-refractivity contribution < 1.29 is 13.2 Å². The summed E-state index contributed by atoms with van der Waals surface area (Å²) in [5.41, 5.74) is -0.124. The molecule has 1 aliphatic carbocycles. The topological polar surface area (TPSA) is 57.7 Å². The van der Waals surface area contributed by atoms with Gasteiger partial charge in [-0.1, -0.05) is 6.08 Å². The zero-order chi connectivity index (χ0) is 14.4. The number of amides is 1. The van der Waals surface area contributed by atoms with Crippen LogP contribution in [0.3, 0.4) is 0 Å². The molecule has 3 rings (SSSR count). The molecule has 0 aromatic rings. The van der Waals surface area contributed by atoms with Crippen molar-refractivity contribution >= 4 is 15.9 Å². The maximum atomic E-state index is 12.3. The number of rotatable bonds is 4. The van der Waals surface area contributed by atoms with E-state index in [4.69, 9.17) is 0 Å². The average molecular weight is 298 g/mol. The molecule has 0 aromatic heterocycles. The van der Waals surface area contributed by atoms with E-state index in [1.54, 1.807) is 10.4 Å². The summed E-state index contributed by atoms with van der Waals surface area (Å²) in [6, 6.07) is 0. The molecule has 2 aliphatic heterocycles. The number of hydrogen-bond acceptors (Lipinski definition) is 3. The molecular formula is C14H22N2O3S. The van der Waals surface area contributed by atoms with Crippen molar-refractivity contribution in [3.8, 4) is 0 Å². The van der Waals surface area contributed by atoms with E-state index < -0.39 is 10.0 Å². The zero-order valence-electron chi connectivity index (χ0n) is 11.8. The second-order valence-corrected chi connectivity index (χ2v) is 8.37. The van der Waals surface area contributed by atoms with E-state index in [1.807, 2.05) is 4.90 Å². The molecular weight excluding hydrogens is 276 g/mol. The van der Waals surface area contributed by atoms with E-state index in [0.717, 1.165) is 32.1 Å². The standard InChI is InChI=1S/C14H22N2O3S/c1-2-9-16-13(17)5-6-14(16)7-10-15(11-8-14)20(18,19)12-3-4-12/h2,12H,1,3-11H2. The summed E-state index contributed by atoms with van der Waals surface area (Å²) in [5.74, 6) is 0.184. The predicted octanol–water partition coefficient (Wildman–Crippen LogP) is 1.12. The fourth-order valence-electron chi connectivity index (χ4n) is 3.55. The molecule has 2 heterocycles. The minimum absolute atomic E-state index is 0.124. The lowest BCUT2D eigenvalue weighted by molar-refractivity contribution is -0.131. The van der Waals surface area contributed by atoms with Crippen LogP contribution in [0.25, 0.3) is 0 Å². The SMILES string of the molecule is C=CCN1C(=O)CCC12CCN(S(=O)(=O)C1CC1)CC2. The lowest BCUT2D eigenvalue weighted by Crippen LogP contribution is -2.54. The third-order valence-corrected chi connectivity index (χ3v) is 7.35. The number of piperidine rings is 1. The molecule has 0 radical (unpaired) electrons. The summed E-state index contributed by atoms with van der Waals surface area (Å²) in [6.07, 6.45) is 6.35. The molecule has 0 bridgehead atoms. The van der Waals surface area contributed by atoms with E-state index in [9.17, 15) is 13.2 Å². The van der Waals surface area contributed by atoms with Gasteiger partial charge in [-0.25, -0.2) is 12.7 Å². The number of nitrogens with zero attached hydrogens (tertiary/aromatic N) is 2. The van der Waals surface area contributed by atoms with E-state index in [-0.39, 0.29) is 16.7 Å². The highest BCUT2D eigenvalue weighted by molar-refractivity contribution is 7.90. The molecule has 2 saturated heterocycles. The van der Waals surface area contributed by atoms with E-state index >= 15 is 0 Å². The molecule has 1 saturated carbocycles. The van der Waals surface area contributed by atoms with E-state index in [0.29, 0.717) is 26.1 Å². The van der Waals surface area contributed by atoms with Crippen LogP contribution in [0.15, 0.2) is 12.7 Å². The Hall–Kier alpha value is -0.880. The van der Waals surface area contributed by atoms with Gasteiger partial charge in [0.05, 0.1) is 5.25 Å². The number of likely N-dealkylation sites (tertiary alicyclic amines) is 1. The Morgan fingerprint density at radius 3 is 2.45 bits per heavy atom. The van der Waals surface area contributed by atoms with Crippen LogP contribution in [-0.2, 0) is 14.8 Å². The van der Waals surface area contributed by atoms with Crippen LogP contribution in [-0.4, -0.2) is 54.0 Å². The quantitative estimate of drug-likeness (QED) is 0.731. The molecule has 3 aliphatic rings. The molecule has 0 N–H and O–H groups in total.